The zero-order valence-electron chi connectivity index (χ0n) is 16.9. The third kappa shape index (κ3) is 7.48. The Morgan fingerprint density at radius 3 is 2.41 bits per heavy atom. The Morgan fingerprint density at radius 2 is 1.83 bits per heavy atom. The molecule has 0 spiro atoms. The van der Waals surface area contributed by atoms with E-state index < -0.39 is 0 Å². The lowest BCUT2D eigenvalue weighted by Gasteiger charge is -2.22. The molecule has 0 saturated heterocycles. The summed E-state index contributed by atoms with van der Waals surface area (Å²) in [6.45, 7) is 3.46. The number of nitrogens with one attached hydrogen (secondary N) is 1. The third-order valence-electron chi connectivity index (χ3n) is 4.23. The first-order chi connectivity index (χ1) is 14.1. The predicted octanol–water partition coefficient (Wildman–Crippen LogP) is 5.65. The van der Waals surface area contributed by atoms with Crippen LogP contribution in [0.25, 0.3) is 0 Å². The summed E-state index contributed by atoms with van der Waals surface area (Å²) in [5, 5.41) is 1.65. The largest absolute Gasteiger partial charge is 0.343 e. The van der Waals surface area contributed by atoms with Crippen molar-refractivity contribution in [3.8, 4) is 0 Å². The molecule has 0 aliphatic carbocycles. The van der Waals surface area contributed by atoms with Crippen LogP contribution in [-0.4, -0.2) is 31.1 Å². The Kier molecular flexibility index (Phi) is 10.2. The number of carbonyl (C=O) groups is 1. The number of carbonyl (C=O) groups excluding carboxylic acids is 1. The van der Waals surface area contributed by atoms with E-state index in [4.69, 9.17) is 11.6 Å². The monoisotopic (exact) mass is 447 g/mol. The summed E-state index contributed by atoms with van der Waals surface area (Å²) in [5.74, 6) is 0. The standard InChI is InChI=1S/C20H19ClN2OS.C2H7NS/c1-15-19(14-24)22-20(25-15)23(13-16-7-3-2-4-8-16)12-11-17-9-5-6-10-18(17)21;1-3-4-2/h2-10,14H,11-13H2,1H3;3H,1-2H3. The van der Waals surface area contributed by atoms with Gasteiger partial charge in [-0.25, -0.2) is 4.98 Å². The number of thiazole rings is 1. The van der Waals surface area contributed by atoms with Gasteiger partial charge in [0.05, 0.1) is 0 Å². The number of rotatable bonds is 8. The Hall–Kier alpha value is -1.86. The number of benzene rings is 2. The molecule has 1 heterocycles. The highest BCUT2D eigenvalue weighted by molar-refractivity contribution is 7.96. The SMILES string of the molecule is CNSC.Cc1sc(N(CCc2ccccc2Cl)Cc2ccccc2)nc1C=O. The zero-order valence-corrected chi connectivity index (χ0v) is 19.3. The molecule has 3 rings (SSSR count). The van der Waals surface area contributed by atoms with Crippen LogP contribution in [0.5, 0.6) is 0 Å². The first kappa shape index (κ1) is 23.4. The summed E-state index contributed by atoms with van der Waals surface area (Å²) in [7, 11) is 1.89. The number of hydrogen-bond acceptors (Lipinski definition) is 6. The van der Waals surface area contributed by atoms with Crippen LogP contribution < -0.4 is 9.62 Å². The van der Waals surface area contributed by atoms with Crippen LogP contribution in [0.2, 0.25) is 5.02 Å². The van der Waals surface area contributed by atoms with Crippen molar-refractivity contribution in [1.82, 2.24) is 9.71 Å². The second-order valence-corrected chi connectivity index (χ2v) is 8.62. The lowest BCUT2D eigenvalue weighted by molar-refractivity contribution is 0.111. The maximum absolute atomic E-state index is 11.2. The molecule has 0 aliphatic rings. The predicted molar refractivity (Wildman–Crippen MR) is 127 cm³/mol. The van der Waals surface area contributed by atoms with Gasteiger partial charge >= 0.3 is 0 Å². The highest BCUT2D eigenvalue weighted by Crippen LogP contribution is 2.27. The fraction of sp³-hybridized carbons (Fsp3) is 0.273. The van der Waals surface area contributed by atoms with E-state index in [9.17, 15) is 4.79 Å². The minimum Gasteiger partial charge on any atom is -0.343 e. The highest BCUT2D eigenvalue weighted by Gasteiger charge is 2.15. The van der Waals surface area contributed by atoms with Crippen LogP contribution in [-0.2, 0) is 13.0 Å². The minimum atomic E-state index is 0.524. The summed E-state index contributed by atoms with van der Waals surface area (Å²) in [6, 6.07) is 18.2. The van der Waals surface area contributed by atoms with E-state index in [2.05, 4.69) is 26.7 Å². The van der Waals surface area contributed by atoms with Gasteiger partial charge in [-0.1, -0.05) is 72.1 Å². The maximum Gasteiger partial charge on any atom is 0.186 e. The van der Waals surface area contributed by atoms with E-state index in [1.54, 1.807) is 23.3 Å². The van der Waals surface area contributed by atoms with Crippen molar-refractivity contribution >= 4 is 46.3 Å². The molecule has 0 radical (unpaired) electrons. The fourth-order valence-electron chi connectivity index (χ4n) is 2.64. The maximum atomic E-state index is 11.2. The lowest BCUT2D eigenvalue weighted by atomic mass is 10.1. The van der Waals surface area contributed by atoms with Gasteiger partial charge in [-0.3, -0.25) is 9.52 Å². The number of hydrogen-bond donors (Lipinski definition) is 1. The number of aromatic nitrogens is 1. The Bertz CT molecular complexity index is 885. The molecule has 4 nitrogen and oxygen atoms in total. The van der Waals surface area contributed by atoms with Crippen molar-refractivity contribution in [3.63, 3.8) is 0 Å². The van der Waals surface area contributed by atoms with Gasteiger partial charge < -0.3 is 4.90 Å². The van der Waals surface area contributed by atoms with Crippen molar-refractivity contribution < 1.29 is 4.79 Å². The van der Waals surface area contributed by atoms with E-state index in [1.165, 1.54) is 5.56 Å². The molecule has 3 aromatic rings. The number of anilines is 1. The van der Waals surface area contributed by atoms with Crippen LogP contribution >= 0.6 is 34.9 Å². The van der Waals surface area contributed by atoms with Crippen LogP contribution in [0.1, 0.15) is 26.5 Å². The molecule has 0 amide bonds. The Balaban J connectivity index is 0.000000687. The summed E-state index contributed by atoms with van der Waals surface area (Å²) in [5.41, 5.74) is 2.85. The molecule has 1 aromatic heterocycles. The van der Waals surface area contributed by atoms with Gasteiger partial charge in [0.25, 0.3) is 0 Å². The molecule has 0 bridgehead atoms. The normalized spacial score (nSPS) is 10.2. The van der Waals surface area contributed by atoms with E-state index >= 15 is 0 Å². The van der Waals surface area contributed by atoms with E-state index in [0.717, 1.165) is 46.4 Å². The van der Waals surface area contributed by atoms with Gasteiger partial charge in [-0.05, 0) is 43.8 Å². The molecule has 0 atom stereocenters. The smallest absolute Gasteiger partial charge is 0.186 e. The molecular weight excluding hydrogens is 422 g/mol. The molecule has 0 fully saturated rings. The number of aldehydes is 1. The highest BCUT2D eigenvalue weighted by atomic mass is 35.5. The van der Waals surface area contributed by atoms with Gasteiger partial charge in [0.1, 0.15) is 5.69 Å². The van der Waals surface area contributed by atoms with Gasteiger partial charge in [0.15, 0.2) is 11.4 Å². The van der Waals surface area contributed by atoms with Gasteiger partial charge in [0.2, 0.25) is 0 Å². The van der Waals surface area contributed by atoms with Gasteiger partial charge in [-0.2, -0.15) is 0 Å². The quantitative estimate of drug-likeness (QED) is 0.357. The van der Waals surface area contributed by atoms with Gasteiger partial charge in [0, 0.05) is 23.0 Å². The lowest BCUT2D eigenvalue weighted by Crippen LogP contribution is -2.25. The first-order valence-corrected chi connectivity index (χ1v) is 11.7. The fourth-order valence-corrected chi connectivity index (χ4v) is 3.77. The van der Waals surface area contributed by atoms with E-state index in [0.29, 0.717) is 5.69 Å². The van der Waals surface area contributed by atoms with Gasteiger partial charge in [-0.15, -0.1) is 11.3 Å². The van der Waals surface area contributed by atoms with Crippen molar-refractivity contribution in [1.29, 1.82) is 0 Å². The second-order valence-electron chi connectivity index (χ2n) is 6.21. The van der Waals surface area contributed by atoms with Crippen molar-refractivity contribution in [3.05, 3.63) is 81.3 Å². The zero-order chi connectivity index (χ0) is 21.1. The van der Waals surface area contributed by atoms with Crippen molar-refractivity contribution in [2.45, 2.75) is 19.9 Å². The molecule has 1 N–H and O–H groups in total. The Labute approximate surface area is 186 Å². The molecule has 7 heteroatoms. The molecule has 0 unspecified atom stereocenters. The summed E-state index contributed by atoms with van der Waals surface area (Å²) < 4.78 is 2.85. The van der Waals surface area contributed by atoms with Crippen LogP contribution in [0.4, 0.5) is 5.13 Å². The van der Waals surface area contributed by atoms with E-state index in [-0.39, 0.29) is 0 Å². The van der Waals surface area contributed by atoms with E-state index in [1.807, 2.05) is 62.7 Å². The molecule has 154 valence electrons. The van der Waals surface area contributed by atoms with Crippen LogP contribution in [0.15, 0.2) is 54.6 Å². The topological polar surface area (TPSA) is 45.2 Å². The van der Waals surface area contributed by atoms with Crippen LogP contribution in [0, 0.1) is 6.92 Å². The average Bonchev–Trinajstić information content (AvgIpc) is 3.13. The number of nitrogens with zero attached hydrogens (tertiary/aromatic N) is 2. The first-order valence-electron chi connectivity index (χ1n) is 9.23. The number of aryl methyl sites for hydroxylation is 1. The van der Waals surface area contributed by atoms with Crippen LogP contribution in [0.3, 0.4) is 0 Å². The summed E-state index contributed by atoms with van der Waals surface area (Å²) >= 11 is 9.45. The second kappa shape index (κ2) is 12.6. The molecule has 0 aliphatic heterocycles. The average molecular weight is 448 g/mol. The molecule has 2 aromatic carbocycles. The third-order valence-corrected chi connectivity index (χ3v) is 6.06. The van der Waals surface area contributed by atoms with Crippen molar-refractivity contribution in [2.24, 2.45) is 0 Å². The molecule has 0 saturated carbocycles. The van der Waals surface area contributed by atoms with Crippen molar-refractivity contribution in [2.75, 3.05) is 24.7 Å². The molecular formula is C22H26ClN3OS2. The minimum absolute atomic E-state index is 0.524. The summed E-state index contributed by atoms with van der Waals surface area (Å²) in [6.07, 6.45) is 3.63. The Morgan fingerprint density at radius 1 is 1.17 bits per heavy atom. The number of halogens is 1. The summed E-state index contributed by atoms with van der Waals surface area (Å²) in [4.78, 5) is 18.8. The molecule has 29 heavy (non-hydrogen) atoms.